The second-order valence-electron chi connectivity index (χ2n) is 7.67. The van der Waals surface area contributed by atoms with Crippen LogP contribution in [0.2, 0.25) is 0 Å². The first kappa shape index (κ1) is 19.9. The number of rotatable bonds is 3. The molecule has 0 saturated heterocycles. The van der Waals surface area contributed by atoms with Crippen molar-refractivity contribution in [2.24, 2.45) is 0 Å². The maximum atomic E-state index is 13.5. The van der Waals surface area contributed by atoms with E-state index >= 15 is 0 Å². The number of hydrogen-bond acceptors (Lipinski definition) is 2. The van der Waals surface area contributed by atoms with Crippen molar-refractivity contribution >= 4 is 11.7 Å². The molecule has 2 amide bonds. The molecule has 0 unspecified atom stereocenters. The Morgan fingerprint density at radius 3 is 2.47 bits per heavy atom. The Labute approximate surface area is 185 Å². The maximum absolute atomic E-state index is 13.5. The zero-order chi connectivity index (χ0) is 22.1. The number of para-hydroxylation sites is 1. The van der Waals surface area contributed by atoms with E-state index in [-0.39, 0.29) is 17.9 Å². The van der Waals surface area contributed by atoms with Crippen molar-refractivity contribution in [1.29, 1.82) is 0 Å². The van der Waals surface area contributed by atoms with Crippen molar-refractivity contribution in [3.63, 3.8) is 0 Å². The highest BCUT2D eigenvalue weighted by atomic mass is 19.1. The van der Waals surface area contributed by atoms with Crippen LogP contribution in [0.4, 0.5) is 14.9 Å². The predicted molar refractivity (Wildman–Crippen MR) is 122 cm³/mol. The van der Waals surface area contributed by atoms with Gasteiger partial charge >= 0.3 is 6.03 Å². The highest BCUT2D eigenvalue weighted by Crippen LogP contribution is 2.37. The van der Waals surface area contributed by atoms with E-state index < -0.39 is 0 Å². The lowest BCUT2D eigenvalue weighted by molar-refractivity contribution is 0.194. The SMILES string of the molecule is COc1ccc([C@@H]2c3cccn3-c3ccccc3CN2C(=O)Nc2ccc(F)cc2)cc1. The summed E-state index contributed by atoms with van der Waals surface area (Å²) in [4.78, 5) is 15.3. The number of methoxy groups -OCH3 is 1. The summed E-state index contributed by atoms with van der Waals surface area (Å²) < 4.78 is 20.8. The zero-order valence-electron chi connectivity index (χ0n) is 17.5. The van der Waals surface area contributed by atoms with Gasteiger partial charge in [-0.2, -0.15) is 0 Å². The monoisotopic (exact) mass is 427 g/mol. The first-order chi connectivity index (χ1) is 15.6. The number of carbonyl (C=O) groups is 1. The van der Waals surface area contributed by atoms with Crippen molar-refractivity contribution in [2.75, 3.05) is 12.4 Å². The van der Waals surface area contributed by atoms with Gasteiger partial charge in [-0.3, -0.25) is 0 Å². The molecule has 1 N–H and O–H groups in total. The molecule has 0 bridgehead atoms. The third kappa shape index (κ3) is 3.60. The molecule has 2 heterocycles. The second kappa shape index (κ2) is 8.23. The summed E-state index contributed by atoms with van der Waals surface area (Å²) >= 11 is 0. The lowest BCUT2D eigenvalue weighted by Gasteiger charge is -2.31. The average molecular weight is 427 g/mol. The third-order valence-electron chi connectivity index (χ3n) is 5.75. The summed E-state index contributed by atoms with van der Waals surface area (Å²) in [5.74, 6) is 0.406. The first-order valence-corrected chi connectivity index (χ1v) is 10.4. The van der Waals surface area contributed by atoms with Gasteiger partial charge in [0.1, 0.15) is 11.6 Å². The Morgan fingerprint density at radius 2 is 1.72 bits per heavy atom. The Kier molecular flexibility index (Phi) is 5.11. The number of carbonyl (C=O) groups excluding carboxylic acids is 1. The van der Waals surface area contributed by atoms with Gasteiger partial charge in [-0.15, -0.1) is 0 Å². The minimum absolute atomic E-state index is 0.262. The number of hydrogen-bond donors (Lipinski definition) is 1. The highest BCUT2D eigenvalue weighted by Gasteiger charge is 2.33. The van der Waals surface area contributed by atoms with E-state index in [1.165, 1.54) is 12.1 Å². The van der Waals surface area contributed by atoms with E-state index in [9.17, 15) is 9.18 Å². The number of aromatic nitrogens is 1. The summed E-state index contributed by atoms with van der Waals surface area (Å²) in [5, 5.41) is 2.93. The van der Waals surface area contributed by atoms with Crippen LogP contribution >= 0.6 is 0 Å². The fourth-order valence-electron chi connectivity index (χ4n) is 4.20. The molecule has 1 aromatic heterocycles. The van der Waals surface area contributed by atoms with Crippen molar-refractivity contribution in [3.05, 3.63) is 114 Å². The summed E-state index contributed by atoms with van der Waals surface area (Å²) in [6.45, 7) is 0.418. The van der Waals surface area contributed by atoms with E-state index in [0.29, 0.717) is 12.2 Å². The maximum Gasteiger partial charge on any atom is 0.322 e. The fraction of sp³-hybridized carbons (Fsp3) is 0.115. The number of fused-ring (bicyclic) bond motifs is 3. The third-order valence-corrected chi connectivity index (χ3v) is 5.75. The molecule has 1 aliphatic heterocycles. The minimum atomic E-state index is -0.347. The molecule has 160 valence electrons. The predicted octanol–water partition coefficient (Wildman–Crippen LogP) is 5.76. The van der Waals surface area contributed by atoms with Gasteiger partial charge in [0.05, 0.1) is 25.4 Å². The summed E-state index contributed by atoms with van der Waals surface area (Å²) in [6, 6.07) is 25.1. The molecular weight excluding hydrogens is 405 g/mol. The number of nitrogens with one attached hydrogen (secondary N) is 1. The highest BCUT2D eigenvalue weighted by molar-refractivity contribution is 5.90. The molecule has 4 aromatic rings. The number of benzene rings is 3. The molecule has 6 heteroatoms. The van der Waals surface area contributed by atoms with Gasteiger partial charge in [0.2, 0.25) is 0 Å². The van der Waals surface area contributed by atoms with Crippen LogP contribution < -0.4 is 10.1 Å². The van der Waals surface area contributed by atoms with Gasteiger partial charge in [-0.1, -0.05) is 30.3 Å². The van der Waals surface area contributed by atoms with Crippen molar-refractivity contribution in [2.45, 2.75) is 12.6 Å². The number of ether oxygens (including phenoxy) is 1. The fourth-order valence-corrected chi connectivity index (χ4v) is 4.20. The molecule has 1 aliphatic rings. The van der Waals surface area contributed by atoms with Gasteiger partial charge in [0.25, 0.3) is 0 Å². The minimum Gasteiger partial charge on any atom is -0.497 e. The zero-order valence-corrected chi connectivity index (χ0v) is 17.5. The number of nitrogens with zero attached hydrogens (tertiary/aromatic N) is 2. The first-order valence-electron chi connectivity index (χ1n) is 10.4. The Bertz CT molecular complexity index is 1250. The molecule has 3 aromatic carbocycles. The summed E-state index contributed by atoms with van der Waals surface area (Å²) in [6.07, 6.45) is 2.02. The van der Waals surface area contributed by atoms with E-state index in [2.05, 4.69) is 16.0 Å². The molecule has 0 radical (unpaired) electrons. The number of anilines is 1. The van der Waals surface area contributed by atoms with Crippen LogP contribution in [-0.4, -0.2) is 22.6 Å². The molecule has 0 spiro atoms. The van der Waals surface area contributed by atoms with Crippen LogP contribution in [0.5, 0.6) is 5.75 Å². The quantitative estimate of drug-likeness (QED) is 0.452. The van der Waals surface area contributed by atoms with Crippen molar-refractivity contribution < 1.29 is 13.9 Å². The Morgan fingerprint density at radius 1 is 0.969 bits per heavy atom. The lowest BCUT2D eigenvalue weighted by atomic mass is 10.0. The normalized spacial score (nSPS) is 14.8. The van der Waals surface area contributed by atoms with Gasteiger partial charge in [0.15, 0.2) is 0 Å². The van der Waals surface area contributed by atoms with Crippen LogP contribution in [0.15, 0.2) is 91.1 Å². The smallest absolute Gasteiger partial charge is 0.322 e. The largest absolute Gasteiger partial charge is 0.497 e. The van der Waals surface area contributed by atoms with Crippen LogP contribution in [0.1, 0.15) is 22.9 Å². The van der Waals surface area contributed by atoms with Gasteiger partial charge in [0, 0.05) is 17.6 Å². The second-order valence-corrected chi connectivity index (χ2v) is 7.67. The molecule has 0 saturated carbocycles. The average Bonchev–Trinajstić information content (AvgIpc) is 3.25. The van der Waals surface area contributed by atoms with Crippen LogP contribution in [0.25, 0.3) is 5.69 Å². The van der Waals surface area contributed by atoms with Gasteiger partial charge in [-0.05, 0) is 65.7 Å². The van der Waals surface area contributed by atoms with Crippen molar-refractivity contribution in [1.82, 2.24) is 9.47 Å². The molecule has 5 rings (SSSR count). The lowest BCUT2D eigenvalue weighted by Crippen LogP contribution is -2.37. The molecule has 0 fully saturated rings. The van der Waals surface area contributed by atoms with Crippen LogP contribution in [0, 0.1) is 5.82 Å². The van der Waals surface area contributed by atoms with E-state index in [1.54, 1.807) is 19.2 Å². The number of amides is 2. The van der Waals surface area contributed by atoms with E-state index in [4.69, 9.17) is 4.74 Å². The van der Waals surface area contributed by atoms with Gasteiger partial charge < -0.3 is 19.5 Å². The molecule has 1 atom stereocenters. The van der Waals surface area contributed by atoms with Crippen LogP contribution in [0.3, 0.4) is 0 Å². The molecule has 5 nitrogen and oxygen atoms in total. The van der Waals surface area contributed by atoms with Crippen molar-refractivity contribution in [3.8, 4) is 11.4 Å². The van der Waals surface area contributed by atoms with Crippen LogP contribution in [-0.2, 0) is 6.54 Å². The number of urea groups is 1. The van der Waals surface area contributed by atoms with E-state index in [0.717, 1.165) is 28.3 Å². The summed E-state index contributed by atoms with van der Waals surface area (Å²) in [5.41, 5.74) is 4.57. The van der Waals surface area contributed by atoms with Gasteiger partial charge in [-0.25, -0.2) is 9.18 Å². The topological polar surface area (TPSA) is 46.5 Å². The molecule has 32 heavy (non-hydrogen) atoms. The number of halogens is 1. The molecular formula is C26H22FN3O2. The van der Waals surface area contributed by atoms with E-state index in [1.807, 2.05) is 65.7 Å². The summed E-state index contributed by atoms with van der Waals surface area (Å²) in [7, 11) is 1.63. The Hall–Kier alpha value is -4.06. The Balaban J connectivity index is 1.61. The molecule has 0 aliphatic carbocycles. The standard InChI is InChI=1S/C26H22FN3O2/c1-32-22-14-8-18(9-15-22)25-24-7-4-16-29(24)23-6-3-2-5-19(23)17-30(25)26(31)28-21-12-10-20(27)11-13-21/h2-16,25H,17H2,1H3,(H,28,31)/t25-/m1/s1.